The Bertz CT molecular complexity index is 1480. The highest BCUT2D eigenvalue weighted by molar-refractivity contribution is 6.34. The maximum absolute atomic E-state index is 11.6. The molecule has 1 N–H and O–H groups in total. The van der Waals surface area contributed by atoms with Crippen LogP contribution in [0, 0.1) is 11.8 Å². The monoisotopic (exact) mass is 581 g/mol. The van der Waals surface area contributed by atoms with Gasteiger partial charge >= 0.3 is 6.01 Å². The lowest BCUT2D eigenvalue weighted by molar-refractivity contribution is -0.130. The molecule has 0 atom stereocenters. The third kappa shape index (κ3) is 6.68. The number of carbonyl (C=O) groups is 1. The molecule has 12 heteroatoms. The predicted octanol–water partition coefficient (Wildman–Crippen LogP) is 3.70. The molecule has 1 aromatic heterocycles. The van der Waals surface area contributed by atoms with Crippen molar-refractivity contribution >= 4 is 39.9 Å². The number of carbonyl (C=O) groups excluding carboxylic acids is 1. The lowest BCUT2D eigenvalue weighted by atomic mass is 10.1. The van der Waals surface area contributed by atoms with Crippen molar-refractivity contribution in [3.63, 3.8) is 0 Å². The minimum absolute atomic E-state index is 0.0415. The van der Waals surface area contributed by atoms with Crippen LogP contribution in [-0.2, 0) is 9.53 Å². The predicted molar refractivity (Wildman–Crippen MR) is 155 cm³/mol. The summed E-state index contributed by atoms with van der Waals surface area (Å²) in [7, 11) is 3.18. The van der Waals surface area contributed by atoms with E-state index in [9.17, 15) is 4.79 Å². The fourth-order valence-electron chi connectivity index (χ4n) is 4.68. The minimum atomic E-state index is 0.0415. The van der Waals surface area contributed by atoms with E-state index in [1.165, 1.54) is 0 Å². The largest absolute Gasteiger partial charge is 0.497 e. The van der Waals surface area contributed by atoms with Crippen molar-refractivity contribution in [2.24, 2.45) is 0 Å². The lowest BCUT2D eigenvalue weighted by Gasteiger charge is -2.34. The van der Waals surface area contributed by atoms with E-state index in [2.05, 4.69) is 32.0 Å². The Morgan fingerprint density at radius 3 is 2.68 bits per heavy atom. The number of anilines is 2. The third-order valence-electron chi connectivity index (χ3n) is 6.83. The van der Waals surface area contributed by atoms with Crippen LogP contribution in [0.1, 0.15) is 18.9 Å². The van der Waals surface area contributed by atoms with Gasteiger partial charge in [0.25, 0.3) is 0 Å². The summed E-state index contributed by atoms with van der Waals surface area (Å²) < 4.78 is 27.9. The number of nitrogens with one attached hydrogen (secondary N) is 1. The molecule has 3 aromatic rings. The molecule has 216 valence electrons. The number of benzene rings is 2. The molecular formula is C29H32ClN5O6. The van der Waals surface area contributed by atoms with Crippen LogP contribution in [0.25, 0.3) is 10.9 Å². The van der Waals surface area contributed by atoms with Crippen LogP contribution in [-0.4, -0.2) is 92.6 Å². The summed E-state index contributed by atoms with van der Waals surface area (Å²) in [4.78, 5) is 25.1. The van der Waals surface area contributed by atoms with Crippen molar-refractivity contribution in [3.8, 4) is 35.1 Å². The second-order valence-corrected chi connectivity index (χ2v) is 9.90. The van der Waals surface area contributed by atoms with Gasteiger partial charge in [-0.05, 0) is 30.7 Å². The normalized spacial score (nSPS) is 14.5. The van der Waals surface area contributed by atoms with Crippen LogP contribution >= 0.6 is 11.6 Å². The van der Waals surface area contributed by atoms with Crippen LogP contribution in [0.15, 0.2) is 24.3 Å². The lowest BCUT2D eigenvalue weighted by Crippen LogP contribution is -2.48. The highest BCUT2D eigenvalue weighted by atomic mass is 35.5. The number of rotatable bonds is 9. The molecular weight excluding hydrogens is 550 g/mol. The van der Waals surface area contributed by atoms with Gasteiger partial charge in [0.1, 0.15) is 23.9 Å². The second kappa shape index (κ2) is 13.1. The van der Waals surface area contributed by atoms with Crippen LogP contribution in [0.4, 0.5) is 11.5 Å². The van der Waals surface area contributed by atoms with Crippen molar-refractivity contribution in [1.82, 2.24) is 19.8 Å². The number of methoxy groups -OCH3 is 2. The molecule has 0 spiro atoms. The smallest absolute Gasteiger partial charge is 0.318 e. The Hall–Kier alpha value is -3.98. The summed E-state index contributed by atoms with van der Waals surface area (Å²) in [6, 6.07) is 7.48. The standard InChI is InChI=1S/C29H32ClN5O6/c1-19(36)35-12-10-34(11-13-35)9-5-15-39-29-31-24-8-7-21(38-3)17-22(24)28(33-29)32-25-23(30)16-20(6-4-14-37-2)26-27(25)41-18-40-26/h7-8,16-17H,5,9-15,18H2,1-3H3,(H,31,32,33). The maximum atomic E-state index is 11.6. The van der Waals surface area contributed by atoms with Crippen molar-refractivity contribution < 1.29 is 28.5 Å². The number of piperazine rings is 1. The zero-order valence-electron chi connectivity index (χ0n) is 23.3. The second-order valence-electron chi connectivity index (χ2n) is 9.49. The fourth-order valence-corrected chi connectivity index (χ4v) is 4.92. The maximum Gasteiger partial charge on any atom is 0.318 e. The number of aromatic nitrogens is 2. The summed E-state index contributed by atoms with van der Waals surface area (Å²) >= 11 is 6.71. The van der Waals surface area contributed by atoms with Crippen molar-refractivity contribution in [3.05, 3.63) is 34.9 Å². The average Bonchev–Trinajstić information content (AvgIpc) is 3.47. The Balaban J connectivity index is 1.35. The first kappa shape index (κ1) is 28.5. The topological polar surface area (TPSA) is 108 Å². The molecule has 0 saturated carbocycles. The Morgan fingerprint density at radius 2 is 1.93 bits per heavy atom. The van der Waals surface area contributed by atoms with Crippen molar-refractivity contribution in [2.75, 3.05) is 72.3 Å². The van der Waals surface area contributed by atoms with Gasteiger partial charge in [-0.15, -0.1) is 0 Å². The number of halogens is 1. The van der Waals surface area contributed by atoms with Gasteiger partial charge in [-0.3, -0.25) is 9.69 Å². The van der Waals surface area contributed by atoms with E-state index in [1.807, 2.05) is 23.1 Å². The van der Waals surface area contributed by atoms with Crippen molar-refractivity contribution in [1.29, 1.82) is 0 Å². The molecule has 0 aliphatic carbocycles. The first-order valence-corrected chi connectivity index (χ1v) is 13.7. The summed E-state index contributed by atoms with van der Waals surface area (Å²) in [5, 5.41) is 4.42. The average molecular weight is 582 g/mol. The van der Waals surface area contributed by atoms with Gasteiger partial charge in [0.2, 0.25) is 12.7 Å². The van der Waals surface area contributed by atoms with Crippen LogP contribution in [0.5, 0.6) is 23.3 Å². The molecule has 0 unspecified atom stereocenters. The molecule has 1 fully saturated rings. The molecule has 2 aliphatic rings. The Morgan fingerprint density at radius 1 is 1.12 bits per heavy atom. The Labute approximate surface area is 243 Å². The zero-order chi connectivity index (χ0) is 28.8. The van der Waals surface area contributed by atoms with Gasteiger partial charge < -0.3 is 33.9 Å². The highest BCUT2D eigenvalue weighted by Gasteiger charge is 2.26. The third-order valence-corrected chi connectivity index (χ3v) is 7.13. The summed E-state index contributed by atoms with van der Waals surface area (Å²) in [5.74, 6) is 8.13. The van der Waals surface area contributed by atoms with Crippen LogP contribution < -0.4 is 24.3 Å². The van der Waals surface area contributed by atoms with Gasteiger partial charge in [-0.25, -0.2) is 0 Å². The Kier molecular flexibility index (Phi) is 9.14. The number of nitrogens with zero attached hydrogens (tertiary/aromatic N) is 4. The number of ether oxygens (including phenoxy) is 5. The van der Waals surface area contributed by atoms with Gasteiger partial charge in [0, 0.05) is 52.1 Å². The molecule has 1 amide bonds. The molecule has 2 aromatic carbocycles. The first-order chi connectivity index (χ1) is 20.0. The molecule has 2 aliphatic heterocycles. The van der Waals surface area contributed by atoms with Gasteiger partial charge in [0.05, 0.1) is 29.8 Å². The van der Waals surface area contributed by atoms with E-state index in [4.69, 9.17) is 35.3 Å². The summed E-state index contributed by atoms with van der Waals surface area (Å²) in [6.07, 6.45) is 0.795. The van der Waals surface area contributed by atoms with E-state index in [1.54, 1.807) is 27.2 Å². The van der Waals surface area contributed by atoms with E-state index in [0.717, 1.165) is 39.1 Å². The minimum Gasteiger partial charge on any atom is -0.497 e. The van der Waals surface area contributed by atoms with E-state index >= 15 is 0 Å². The SMILES string of the molecule is COCC#Cc1cc(Cl)c(Nc2nc(OCCCN3CCN(C(C)=O)CC3)nc3ccc(OC)cc23)c2c1OCO2. The van der Waals surface area contributed by atoms with Crippen molar-refractivity contribution in [2.45, 2.75) is 13.3 Å². The summed E-state index contributed by atoms with van der Waals surface area (Å²) in [6.45, 7) is 6.46. The molecule has 0 radical (unpaired) electrons. The number of hydrogen-bond acceptors (Lipinski definition) is 10. The molecule has 5 rings (SSSR count). The van der Waals surface area contributed by atoms with E-state index in [-0.39, 0.29) is 25.3 Å². The quantitative estimate of drug-likeness (QED) is 0.297. The molecule has 3 heterocycles. The highest BCUT2D eigenvalue weighted by Crippen LogP contribution is 2.47. The number of hydrogen-bond donors (Lipinski definition) is 1. The molecule has 11 nitrogen and oxygen atoms in total. The molecule has 1 saturated heterocycles. The molecule has 0 bridgehead atoms. The zero-order valence-corrected chi connectivity index (χ0v) is 24.0. The number of amides is 1. The van der Waals surface area contributed by atoms with Crippen LogP contribution in [0.2, 0.25) is 5.02 Å². The fraction of sp³-hybridized carbons (Fsp3) is 0.414. The van der Waals surface area contributed by atoms with Gasteiger partial charge in [-0.2, -0.15) is 9.97 Å². The number of fused-ring (bicyclic) bond motifs is 2. The van der Waals surface area contributed by atoms with Crippen LogP contribution in [0.3, 0.4) is 0 Å². The first-order valence-electron chi connectivity index (χ1n) is 13.3. The van der Waals surface area contributed by atoms with E-state index < -0.39 is 0 Å². The van der Waals surface area contributed by atoms with Gasteiger partial charge in [-0.1, -0.05) is 23.4 Å². The summed E-state index contributed by atoms with van der Waals surface area (Å²) in [5.41, 5.74) is 1.77. The molecule has 41 heavy (non-hydrogen) atoms. The van der Waals surface area contributed by atoms with E-state index in [0.29, 0.717) is 56.8 Å². The van der Waals surface area contributed by atoms with Gasteiger partial charge in [0.15, 0.2) is 11.5 Å².